The molecule has 1 saturated heterocycles. The lowest BCUT2D eigenvalue weighted by Gasteiger charge is -2.30. The fourth-order valence-corrected chi connectivity index (χ4v) is 4.94. The first-order valence-corrected chi connectivity index (χ1v) is 11.2. The number of hydrogen-bond acceptors (Lipinski definition) is 6. The zero-order valence-corrected chi connectivity index (χ0v) is 18.1. The predicted octanol–water partition coefficient (Wildman–Crippen LogP) is 3.22. The van der Waals surface area contributed by atoms with E-state index in [4.69, 9.17) is 9.15 Å². The number of pyridine rings is 1. The van der Waals surface area contributed by atoms with Gasteiger partial charge in [0, 0.05) is 44.0 Å². The van der Waals surface area contributed by atoms with Crippen molar-refractivity contribution < 1.29 is 13.9 Å². The maximum Gasteiger partial charge on any atom is 0.290 e. The number of carbonyl (C=O) groups is 1. The molecule has 2 aromatic carbocycles. The molecule has 0 bridgehead atoms. The molecule has 1 amide bonds. The lowest BCUT2D eigenvalue weighted by atomic mass is 9.98. The first-order chi connectivity index (χ1) is 16.2. The van der Waals surface area contributed by atoms with Crippen LogP contribution in [0.5, 0.6) is 0 Å². The Bertz CT molecular complexity index is 1410. The minimum absolute atomic E-state index is 0.139. The van der Waals surface area contributed by atoms with E-state index in [1.54, 1.807) is 23.4 Å². The molecule has 1 atom stereocenters. The molecule has 0 spiro atoms. The number of aromatic nitrogens is 1. The number of ether oxygens (including phenoxy) is 1. The van der Waals surface area contributed by atoms with Gasteiger partial charge in [0.2, 0.25) is 5.76 Å². The van der Waals surface area contributed by atoms with Gasteiger partial charge < -0.3 is 14.1 Å². The molecule has 4 heterocycles. The monoisotopic (exact) mass is 441 g/mol. The lowest BCUT2D eigenvalue weighted by Crippen LogP contribution is -2.42. The molecule has 2 aliphatic heterocycles. The van der Waals surface area contributed by atoms with E-state index in [0.29, 0.717) is 42.8 Å². The molecular weight excluding hydrogens is 418 g/mol. The Morgan fingerprint density at radius 1 is 0.939 bits per heavy atom. The van der Waals surface area contributed by atoms with Gasteiger partial charge in [-0.05, 0) is 23.1 Å². The van der Waals surface area contributed by atoms with Crippen molar-refractivity contribution in [2.24, 2.45) is 0 Å². The third-order valence-electron chi connectivity index (χ3n) is 6.62. The summed E-state index contributed by atoms with van der Waals surface area (Å²) in [4.78, 5) is 35.7. The number of nitrogens with zero attached hydrogens (tertiary/aromatic N) is 3. The molecule has 7 heteroatoms. The molecule has 166 valence electrons. The van der Waals surface area contributed by atoms with E-state index in [2.05, 4.69) is 9.88 Å². The minimum Gasteiger partial charge on any atom is -0.450 e. The molecule has 4 aromatic rings. The smallest absolute Gasteiger partial charge is 0.290 e. The van der Waals surface area contributed by atoms with Gasteiger partial charge in [-0.1, -0.05) is 36.4 Å². The first-order valence-electron chi connectivity index (χ1n) is 11.2. The highest BCUT2D eigenvalue weighted by molar-refractivity contribution is 6.06. The maximum absolute atomic E-state index is 13.8. The van der Waals surface area contributed by atoms with Crippen LogP contribution in [-0.2, 0) is 4.74 Å². The maximum atomic E-state index is 13.8. The predicted molar refractivity (Wildman–Crippen MR) is 124 cm³/mol. The van der Waals surface area contributed by atoms with Gasteiger partial charge in [-0.15, -0.1) is 0 Å². The molecule has 0 saturated carbocycles. The van der Waals surface area contributed by atoms with Crippen LogP contribution in [0.25, 0.3) is 21.7 Å². The first kappa shape index (κ1) is 20.1. The number of amides is 1. The van der Waals surface area contributed by atoms with E-state index >= 15 is 0 Å². The summed E-state index contributed by atoms with van der Waals surface area (Å²) < 4.78 is 11.7. The van der Waals surface area contributed by atoms with Crippen LogP contribution >= 0.6 is 0 Å². The van der Waals surface area contributed by atoms with Crippen molar-refractivity contribution >= 4 is 27.6 Å². The topological polar surface area (TPSA) is 75.9 Å². The average Bonchev–Trinajstić information content (AvgIpc) is 3.15. The van der Waals surface area contributed by atoms with Gasteiger partial charge in [-0.2, -0.15) is 0 Å². The minimum atomic E-state index is -0.519. The summed E-state index contributed by atoms with van der Waals surface area (Å²) in [5.74, 6) is -0.112. The Kier molecular flexibility index (Phi) is 4.93. The Balaban J connectivity index is 1.50. The van der Waals surface area contributed by atoms with Crippen LogP contribution in [0.2, 0.25) is 0 Å². The Hall–Kier alpha value is -3.55. The third kappa shape index (κ3) is 3.32. The lowest BCUT2D eigenvalue weighted by molar-refractivity contribution is 0.0314. The van der Waals surface area contributed by atoms with E-state index in [1.165, 1.54) is 0 Å². The van der Waals surface area contributed by atoms with E-state index in [1.807, 2.05) is 42.5 Å². The molecular formula is C26H23N3O4. The molecule has 2 aliphatic rings. The van der Waals surface area contributed by atoms with E-state index < -0.39 is 6.04 Å². The van der Waals surface area contributed by atoms with Gasteiger partial charge in [0.25, 0.3) is 5.91 Å². The summed E-state index contributed by atoms with van der Waals surface area (Å²) >= 11 is 0. The van der Waals surface area contributed by atoms with Crippen LogP contribution in [-0.4, -0.2) is 60.1 Å². The standard InChI is InChI=1S/C26H23N3O4/c30-23-20-8-7-17-4-1-2-6-19(17)24(20)33-25-21(23)22(18-5-3-9-27-16-18)29(26(25)31)11-10-28-12-14-32-15-13-28/h1-9,16,22H,10-15H2/t22-/m1/s1. The largest absolute Gasteiger partial charge is 0.450 e. The highest BCUT2D eigenvalue weighted by Gasteiger charge is 2.43. The molecule has 6 rings (SSSR count). The molecule has 0 radical (unpaired) electrons. The fourth-order valence-electron chi connectivity index (χ4n) is 4.94. The van der Waals surface area contributed by atoms with Gasteiger partial charge in [0.1, 0.15) is 5.58 Å². The SMILES string of the molecule is O=C1c2oc3c(ccc4ccccc43)c(=O)c2[C@@H](c2cccnc2)N1CCN1CCOCC1. The van der Waals surface area contributed by atoms with Crippen molar-refractivity contribution in [3.05, 3.63) is 88.0 Å². The second kappa shape index (κ2) is 8.10. The van der Waals surface area contributed by atoms with Crippen LogP contribution in [0.3, 0.4) is 0 Å². The number of carbonyl (C=O) groups excluding carboxylic acids is 1. The molecule has 33 heavy (non-hydrogen) atoms. The Morgan fingerprint density at radius 2 is 1.79 bits per heavy atom. The summed E-state index contributed by atoms with van der Waals surface area (Å²) in [6.45, 7) is 4.24. The van der Waals surface area contributed by atoms with Crippen molar-refractivity contribution in [3.8, 4) is 0 Å². The summed E-state index contributed by atoms with van der Waals surface area (Å²) in [5, 5.41) is 2.28. The molecule has 0 N–H and O–H groups in total. The fraction of sp³-hybridized carbons (Fsp3) is 0.269. The summed E-state index contributed by atoms with van der Waals surface area (Å²) in [6, 6.07) is 14.7. The number of rotatable bonds is 4. The second-order valence-corrected chi connectivity index (χ2v) is 8.48. The summed E-state index contributed by atoms with van der Waals surface area (Å²) in [6.07, 6.45) is 3.41. The highest BCUT2D eigenvalue weighted by atomic mass is 16.5. The van der Waals surface area contributed by atoms with Gasteiger partial charge in [-0.3, -0.25) is 19.5 Å². The van der Waals surface area contributed by atoms with E-state index in [9.17, 15) is 9.59 Å². The van der Waals surface area contributed by atoms with Crippen molar-refractivity contribution in [2.45, 2.75) is 6.04 Å². The quantitative estimate of drug-likeness (QED) is 0.453. The van der Waals surface area contributed by atoms with Gasteiger partial charge in [-0.25, -0.2) is 0 Å². The van der Waals surface area contributed by atoms with Crippen molar-refractivity contribution in [1.29, 1.82) is 0 Å². The molecule has 0 aliphatic carbocycles. The molecule has 7 nitrogen and oxygen atoms in total. The normalized spacial score (nSPS) is 18.8. The average molecular weight is 441 g/mol. The van der Waals surface area contributed by atoms with Crippen molar-refractivity contribution in [1.82, 2.24) is 14.8 Å². The molecule has 2 aromatic heterocycles. The van der Waals surface area contributed by atoms with Crippen LogP contribution in [0.15, 0.2) is 70.1 Å². The van der Waals surface area contributed by atoms with Crippen molar-refractivity contribution in [3.63, 3.8) is 0 Å². The number of fused-ring (bicyclic) bond motifs is 4. The second-order valence-electron chi connectivity index (χ2n) is 8.48. The van der Waals surface area contributed by atoms with Gasteiger partial charge in [0.15, 0.2) is 5.43 Å². The van der Waals surface area contributed by atoms with Gasteiger partial charge in [0.05, 0.1) is 30.2 Å². The van der Waals surface area contributed by atoms with Crippen LogP contribution in [0.4, 0.5) is 0 Å². The Labute approximate surface area is 190 Å². The zero-order chi connectivity index (χ0) is 22.4. The number of hydrogen-bond donors (Lipinski definition) is 0. The Morgan fingerprint density at radius 3 is 2.61 bits per heavy atom. The van der Waals surface area contributed by atoms with E-state index in [-0.39, 0.29) is 17.1 Å². The van der Waals surface area contributed by atoms with Crippen LogP contribution in [0, 0.1) is 0 Å². The molecule has 1 fully saturated rings. The third-order valence-corrected chi connectivity index (χ3v) is 6.62. The number of morpholine rings is 1. The summed E-state index contributed by atoms with van der Waals surface area (Å²) in [7, 11) is 0. The van der Waals surface area contributed by atoms with Crippen LogP contribution in [0.1, 0.15) is 27.7 Å². The highest BCUT2D eigenvalue weighted by Crippen LogP contribution is 2.38. The van der Waals surface area contributed by atoms with Crippen molar-refractivity contribution in [2.75, 3.05) is 39.4 Å². The molecule has 0 unspecified atom stereocenters. The van der Waals surface area contributed by atoms with E-state index in [0.717, 1.165) is 29.4 Å². The van der Waals surface area contributed by atoms with Gasteiger partial charge >= 0.3 is 0 Å². The zero-order valence-electron chi connectivity index (χ0n) is 18.1. The van der Waals surface area contributed by atoms with Crippen LogP contribution < -0.4 is 5.43 Å². The number of benzene rings is 2. The summed E-state index contributed by atoms with van der Waals surface area (Å²) in [5.41, 5.74) is 1.51.